The number of carbonyl (C=O) groups excluding carboxylic acids is 1. The van der Waals surface area contributed by atoms with E-state index in [1.54, 1.807) is 0 Å². The van der Waals surface area contributed by atoms with Crippen LogP contribution in [0.5, 0.6) is 0 Å². The van der Waals surface area contributed by atoms with E-state index in [-0.39, 0.29) is 6.61 Å². The van der Waals surface area contributed by atoms with E-state index in [4.69, 9.17) is 10.3 Å². The molecule has 0 aliphatic heterocycles. The number of rotatable bonds is 6. The first-order valence-electron chi connectivity index (χ1n) is 3.82. The van der Waals surface area contributed by atoms with Crippen molar-refractivity contribution in [2.24, 2.45) is 5.73 Å². The lowest BCUT2D eigenvalue weighted by Gasteiger charge is -2.15. The lowest BCUT2D eigenvalue weighted by atomic mass is 10.3. The molecule has 0 saturated carbocycles. The summed E-state index contributed by atoms with van der Waals surface area (Å²) in [5.41, 5.74) is 5.38. The molecule has 1 amide bonds. The number of amides is 1. The first-order valence-corrected chi connectivity index (χ1v) is 5.28. The molecule has 0 aromatic carbocycles. The van der Waals surface area contributed by atoms with Gasteiger partial charge in [-0.15, -0.1) is 0 Å². The number of hydrogen-bond acceptors (Lipinski definition) is 6. The Labute approximate surface area is 82.5 Å². The van der Waals surface area contributed by atoms with Crippen molar-refractivity contribution in [3.05, 3.63) is 0 Å². The average Bonchev–Trinajstić information content (AvgIpc) is 2.24. The van der Waals surface area contributed by atoms with Gasteiger partial charge in [-0.2, -0.15) is 0 Å². The monoisotopic (exact) mass is 226 g/mol. The van der Waals surface area contributed by atoms with E-state index < -0.39 is 19.8 Å². The maximum atomic E-state index is 11.3. The molecule has 0 heterocycles. The van der Waals surface area contributed by atoms with Crippen molar-refractivity contribution in [1.82, 2.24) is 5.32 Å². The summed E-state index contributed by atoms with van der Waals surface area (Å²) in [5, 5.41) is 2.32. The van der Waals surface area contributed by atoms with Crippen molar-refractivity contribution in [3.8, 4) is 0 Å². The zero-order valence-corrected chi connectivity index (χ0v) is 9.24. The number of nitrogens with one attached hydrogen (secondary N) is 1. The third-order valence-electron chi connectivity index (χ3n) is 1.44. The molecular formula is C6H15N2O5P. The van der Waals surface area contributed by atoms with Gasteiger partial charge in [0.1, 0.15) is 6.04 Å². The highest BCUT2D eigenvalue weighted by Gasteiger charge is 2.25. The highest BCUT2D eigenvalue weighted by Crippen LogP contribution is 2.47. The Morgan fingerprint density at radius 1 is 1.50 bits per heavy atom. The number of likely N-dealkylation sites (N-methyl/N-ethyl adjacent to an activating group) is 1. The van der Waals surface area contributed by atoms with Crippen LogP contribution in [0.15, 0.2) is 0 Å². The van der Waals surface area contributed by atoms with Gasteiger partial charge in [0.25, 0.3) is 0 Å². The molecule has 0 unspecified atom stereocenters. The minimum Gasteiger partial charge on any atom is -0.358 e. The molecular weight excluding hydrogens is 211 g/mol. The summed E-state index contributed by atoms with van der Waals surface area (Å²) in [4.78, 5) is 10.9. The molecule has 14 heavy (non-hydrogen) atoms. The Balaban J connectivity index is 4.04. The molecule has 0 rings (SSSR count). The quantitative estimate of drug-likeness (QED) is 0.591. The number of phosphoric ester groups is 1. The van der Waals surface area contributed by atoms with Crippen molar-refractivity contribution >= 4 is 13.7 Å². The molecule has 8 heteroatoms. The molecule has 0 radical (unpaired) electrons. The van der Waals surface area contributed by atoms with Crippen molar-refractivity contribution in [2.45, 2.75) is 6.04 Å². The minimum absolute atomic E-state index is 0.237. The van der Waals surface area contributed by atoms with Gasteiger partial charge in [0.2, 0.25) is 5.91 Å². The van der Waals surface area contributed by atoms with Crippen LogP contribution >= 0.6 is 7.82 Å². The Hall–Kier alpha value is -0.460. The van der Waals surface area contributed by atoms with Gasteiger partial charge in [-0.05, 0) is 0 Å². The molecule has 1 atom stereocenters. The minimum atomic E-state index is -3.55. The van der Waals surface area contributed by atoms with Crippen LogP contribution in [-0.2, 0) is 22.9 Å². The summed E-state index contributed by atoms with van der Waals surface area (Å²) in [6, 6.07) is -0.904. The van der Waals surface area contributed by atoms with Crippen LogP contribution < -0.4 is 11.1 Å². The first-order chi connectivity index (χ1) is 6.49. The normalized spacial score (nSPS) is 13.7. The lowest BCUT2D eigenvalue weighted by Crippen LogP contribution is -2.41. The van der Waals surface area contributed by atoms with Crippen LogP contribution in [0, 0.1) is 0 Å². The largest absolute Gasteiger partial charge is 0.474 e. The topological polar surface area (TPSA) is 99.9 Å². The van der Waals surface area contributed by atoms with E-state index in [9.17, 15) is 9.36 Å². The zero-order chi connectivity index (χ0) is 11.2. The Morgan fingerprint density at radius 3 is 2.36 bits per heavy atom. The van der Waals surface area contributed by atoms with Crippen molar-refractivity contribution in [2.75, 3.05) is 27.9 Å². The van der Waals surface area contributed by atoms with Gasteiger partial charge in [0, 0.05) is 21.3 Å². The fourth-order valence-corrected chi connectivity index (χ4v) is 1.32. The van der Waals surface area contributed by atoms with Crippen molar-refractivity contribution in [3.63, 3.8) is 0 Å². The predicted molar refractivity (Wildman–Crippen MR) is 49.6 cm³/mol. The molecule has 0 bridgehead atoms. The van der Waals surface area contributed by atoms with Crippen LogP contribution in [0.1, 0.15) is 0 Å². The second kappa shape index (κ2) is 6.10. The van der Waals surface area contributed by atoms with E-state index >= 15 is 0 Å². The van der Waals surface area contributed by atoms with Crippen LogP contribution in [0.4, 0.5) is 0 Å². The smallest absolute Gasteiger partial charge is 0.358 e. The van der Waals surface area contributed by atoms with Crippen LogP contribution in [0.2, 0.25) is 0 Å². The fraction of sp³-hybridized carbons (Fsp3) is 0.833. The molecule has 0 fully saturated rings. The molecule has 0 saturated heterocycles. The Morgan fingerprint density at radius 2 is 2.00 bits per heavy atom. The summed E-state index contributed by atoms with van der Waals surface area (Å²) >= 11 is 0. The fourth-order valence-electron chi connectivity index (χ4n) is 0.613. The van der Waals surface area contributed by atoms with Crippen molar-refractivity contribution < 1.29 is 22.9 Å². The Bertz CT molecular complexity index is 226. The Kier molecular flexibility index (Phi) is 5.90. The molecule has 3 N–H and O–H groups in total. The van der Waals surface area contributed by atoms with E-state index in [1.165, 1.54) is 21.3 Å². The third kappa shape index (κ3) is 4.17. The first kappa shape index (κ1) is 13.5. The summed E-state index contributed by atoms with van der Waals surface area (Å²) in [5.74, 6) is -0.413. The van der Waals surface area contributed by atoms with E-state index in [1.807, 2.05) is 0 Å². The van der Waals surface area contributed by atoms with E-state index in [2.05, 4.69) is 14.4 Å². The molecule has 0 aromatic heterocycles. The zero-order valence-electron chi connectivity index (χ0n) is 8.35. The third-order valence-corrected chi connectivity index (χ3v) is 2.80. The highest BCUT2D eigenvalue weighted by atomic mass is 31.2. The SMILES string of the molecule is CNC(=O)[C@@H](N)COP(=O)(OC)OC. The van der Waals surface area contributed by atoms with Gasteiger partial charge < -0.3 is 11.1 Å². The van der Waals surface area contributed by atoms with Gasteiger partial charge >= 0.3 is 7.82 Å². The highest BCUT2D eigenvalue weighted by molar-refractivity contribution is 7.48. The molecule has 0 aliphatic carbocycles. The summed E-state index contributed by atoms with van der Waals surface area (Å²) in [6.07, 6.45) is 0. The summed E-state index contributed by atoms with van der Waals surface area (Å²) in [6.45, 7) is -0.237. The maximum Gasteiger partial charge on any atom is 0.474 e. The number of phosphoric acid groups is 1. The second-order valence-electron chi connectivity index (χ2n) is 2.33. The van der Waals surface area contributed by atoms with Crippen LogP contribution in [0.3, 0.4) is 0 Å². The predicted octanol–water partition coefficient (Wildman–Crippen LogP) is -0.523. The molecule has 0 aromatic rings. The molecule has 84 valence electrons. The van der Waals surface area contributed by atoms with Gasteiger partial charge in [0.05, 0.1) is 6.61 Å². The second-order valence-corrected chi connectivity index (χ2v) is 4.21. The number of hydrogen-bond donors (Lipinski definition) is 2. The van der Waals surface area contributed by atoms with Gasteiger partial charge in [-0.1, -0.05) is 0 Å². The molecule has 7 nitrogen and oxygen atoms in total. The summed E-state index contributed by atoms with van der Waals surface area (Å²) < 4.78 is 25.0. The van der Waals surface area contributed by atoms with Gasteiger partial charge in [0.15, 0.2) is 0 Å². The number of nitrogens with two attached hydrogens (primary N) is 1. The van der Waals surface area contributed by atoms with E-state index in [0.717, 1.165) is 0 Å². The molecule has 0 aliphatic rings. The maximum absolute atomic E-state index is 11.3. The van der Waals surface area contributed by atoms with Crippen LogP contribution in [0.25, 0.3) is 0 Å². The standard InChI is InChI=1S/C6H15N2O5P/c1-8-6(9)5(7)4-13-14(10,11-2)12-3/h5H,4,7H2,1-3H3,(H,8,9)/t5-/m0/s1. The van der Waals surface area contributed by atoms with Gasteiger partial charge in [-0.3, -0.25) is 18.4 Å². The van der Waals surface area contributed by atoms with Gasteiger partial charge in [-0.25, -0.2) is 4.57 Å². The van der Waals surface area contributed by atoms with Crippen molar-refractivity contribution in [1.29, 1.82) is 0 Å². The van der Waals surface area contributed by atoms with Crippen LogP contribution in [-0.4, -0.2) is 39.8 Å². The molecule has 0 spiro atoms. The van der Waals surface area contributed by atoms with E-state index in [0.29, 0.717) is 0 Å². The summed E-state index contributed by atoms with van der Waals surface area (Å²) in [7, 11) is 0.246. The number of carbonyl (C=O) groups is 1. The average molecular weight is 226 g/mol. The lowest BCUT2D eigenvalue weighted by molar-refractivity contribution is -0.122.